The summed E-state index contributed by atoms with van der Waals surface area (Å²) in [5, 5.41) is 17.2. The molecule has 20 heavy (non-hydrogen) atoms. The number of hydrogen-bond donors (Lipinski definition) is 1. The van der Waals surface area contributed by atoms with Gasteiger partial charge in [-0.05, 0) is 6.92 Å². The van der Waals surface area contributed by atoms with Crippen LogP contribution in [0.1, 0.15) is 16.1 Å². The molecule has 0 aliphatic rings. The second kappa shape index (κ2) is 5.25. The van der Waals surface area contributed by atoms with Crippen molar-refractivity contribution in [2.24, 2.45) is 7.05 Å². The fraction of sp³-hybridized carbons (Fsp3) is 0.182. The highest BCUT2D eigenvalue weighted by molar-refractivity contribution is 6.33. The summed E-state index contributed by atoms with van der Waals surface area (Å²) in [6.07, 6.45) is 2.61. The smallest absolute Gasteiger partial charge is 0.288 e. The fourth-order valence-corrected chi connectivity index (χ4v) is 1.80. The zero-order chi connectivity index (χ0) is 14.9. The van der Waals surface area contributed by atoms with E-state index in [1.165, 1.54) is 4.68 Å². The lowest BCUT2D eigenvalue weighted by atomic mass is 10.2. The molecule has 9 heteroatoms. The first-order valence-electron chi connectivity index (χ1n) is 5.50. The van der Waals surface area contributed by atoms with Gasteiger partial charge in [-0.2, -0.15) is 5.10 Å². The molecule has 0 aliphatic heterocycles. The number of carbonyl (C=O) groups is 1. The van der Waals surface area contributed by atoms with Gasteiger partial charge >= 0.3 is 0 Å². The fourth-order valence-electron chi connectivity index (χ4n) is 1.61. The quantitative estimate of drug-likeness (QED) is 0.529. The third-order valence-electron chi connectivity index (χ3n) is 2.54. The molecule has 0 aromatic carbocycles. The zero-order valence-corrected chi connectivity index (χ0v) is 11.4. The van der Waals surface area contributed by atoms with E-state index in [1.54, 1.807) is 20.2 Å². The molecule has 1 amide bonds. The number of anilines is 1. The van der Waals surface area contributed by atoms with Crippen molar-refractivity contribution in [1.82, 2.24) is 14.8 Å². The third kappa shape index (κ3) is 2.75. The summed E-state index contributed by atoms with van der Waals surface area (Å²) in [6.45, 7) is 1.73. The first-order chi connectivity index (χ1) is 9.38. The van der Waals surface area contributed by atoms with Gasteiger partial charge in [0.05, 0.1) is 21.9 Å². The van der Waals surface area contributed by atoms with Gasteiger partial charge in [0.15, 0.2) is 0 Å². The first-order valence-corrected chi connectivity index (χ1v) is 5.88. The summed E-state index contributed by atoms with van der Waals surface area (Å²) in [6, 6.07) is 1.08. The summed E-state index contributed by atoms with van der Waals surface area (Å²) in [4.78, 5) is 25.7. The van der Waals surface area contributed by atoms with Crippen molar-refractivity contribution in [2.75, 3.05) is 5.32 Å². The summed E-state index contributed by atoms with van der Waals surface area (Å²) >= 11 is 5.79. The maximum absolute atomic E-state index is 12.1. The summed E-state index contributed by atoms with van der Waals surface area (Å²) in [7, 11) is 1.71. The summed E-state index contributed by atoms with van der Waals surface area (Å²) in [5.74, 6) is -0.581. The van der Waals surface area contributed by atoms with Crippen LogP contribution in [0.5, 0.6) is 0 Å². The molecule has 2 aromatic heterocycles. The number of carbonyl (C=O) groups excluding carboxylic acids is 1. The number of aryl methyl sites for hydroxylation is 2. The Balaban J connectivity index is 2.31. The van der Waals surface area contributed by atoms with E-state index < -0.39 is 10.8 Å². The van der Waals surface area contributed by atoms with E-state index in [4.69, 9.17) is 11.6 Å². The first kappa shape index (κ1) is 13.9. The Morgan fingerprint density at radius 2 is 2.25 bits per heavy atom. The normalized spacial score (nSPS) is 10.3. The van der Waals surface area contributed by atoms with Crippen molar-refractivity contribution in [1.29, 1.82) is 0 Å². The lowest BCUT2D eigenvalue weighted by Crippen LogP contribution is -2.13. The standard InChI is InChI=1S/C11H10ClN5O3/c1-6-9(5-16(2)15-6)14-11(18)8-3-7(17(19)20)4-13-10(8)12/h3-5H,1-2H3,(H,14,18). The van der Waals surface area contributed by atoms with Crippen LogP contribution in [0.4, 0.5) is 11.4 Å². The number of nitrogens with one attached hydrogen (secondary N) is 1. The van der Waals surface area contributed by atoms with E-state index in [0.29, 0.717) is 11.4 Å². The van der Waals surface area contributed by atoms with Gasteiger partial charge in [0.1, 0.15) is 11.3 Å². The van der Waals surface area contributed by atoms with Gasteiger partial charge < -0.3 is 5.32 Å². The Bertz CT molecular complexity index is 697. The summed E-state index contributed by atoms with van der Waals surface area (Å²) in [5.41, 5.74) is 0.752. The molecule has 104 valence electrons. The molecule has 2 rings (SSSR count). The summed E-state index contributed by atoms with van der Waals surface area (Å²) < 4.78 is 1.54. The van der Waals surface area contributed by atoms with Crippen LogP contribution in [0.2, 0.25) is 5.15 Å². The lowest BCUT2D eigenvalue weighted by Gasteiger charge is -2.04. The van der Waals surface area contributed by atoms with Crippen molar-refractivity contribution in [3.05, 3.63) is 45.0 Å². The average molecular weight is 296 g/mol. The minimum Gasteiger partial charge on any atom is -0.319 e. The molecule has 0 bridgehead atoms. The van der Waals surface area contributed by atoms with Gasteiger partial charge in [0, 0.05) is 19.3 Å². The van der Waals surface area contributed by atoms with E-state index >= 15 is 0 Å². The number of amides is 1. The molecule has 0 spiro atoms. The maximum atomic E-state index is 12.1. The number of aromatic nitrogens is 3. The molecule has 0 saturated heterocycles. The molecule has 8 nitrogen and oxygen atoms in total. The minimum absolute atomic E-state index is 0.0656. The van der Waals surface area contributed by atoms with Crippen LogP contribution in [0.3, 0.4) is 0 Å². The molecule has 0 saturated carbocycles. The van der Waals surface area contributed by atoms with Crippen LogP contribution < -0.4 is 5.32 Å². The largest absolute Gasteiger partial charge is 0.319 e. The van der Waals surface area contributed by atoms with E-state index in [0.717, 1.165) is 12.3 Å². The Kier molecular flexibility index (Phi) is 3.66. The van der Waals surface area contributed by atoms with Crippen LogP contribution in [0, 0.1) is 17.0 Å². The van der Waals surface area contributed by atoms with Crippen LogP contribution in [-0.2, 0) is 7.05 Å². The molecule has 0 fully saturated rings. The number of rotatable bonds is 3. The van der Waals surface area contributed by atoms with Gasteiger partial charge in [0.2, 0.25) is 0 Å². The van der Waals surface area contributed by atoms with Gasteiger partial charge in [0.25, 0.3) is 11.6 Å². The van der Waals surface area contributed by atoms with E-state index in [1.807, 2.05) is 0 Å². The van der Waals surface area contributed by atoms with Crippen molar-refractivity contribution in [2.45, 2.75) is 6.92 Å². The van der Waals surface area contributed by atoms with Crippen molar-refractivity contribution < 1.29 is 9.72 Å². The zero-order valence-electron chi connectivity index (χ0n) is 10.6. The Labute approximate surface area is 118 Å². The SMILES string of the molecule is Cc1nn(C)cc1NC(=O)c1cc([N+](=O)[O-])cnc1Cl. The van der Waals surface area contributed by atoms with Crippen LogP contribution in [0.15, 0.2) is 18.5 Å². The average Bonchev–Trinajstić information content (AvgIpc) is 2.67. The Morgan fingerprint density at radius 1 is 1.55 bits per heavy atom. The van der Waals surface area contributed by atoms with Crippen molar-refractivity contribution in [3.63, 3.8) is 0 Å². The van der Waals surface area contributed by atoms with Gasteiger partial charge in [-0.25, -0.2) is 4.98 Å². The predicted octanol–water partition coefficient (Wildman–Crippen LogP) is 1.94. The molecule has 0 unspecified atom stereocenters. The highest BCUT2D eigenvalue weighted by Crippen LogP contribution is 2.21. The van der Waals surface area contributed by atoms with Crippen LogP contribution in [0.25, 0.3) is 0 Å². The van der Waals surface area contributed by atoms with Crippen molar-refractivity contribution in [3.8, 4) is 0 Å². The monoisotopic (exact) mass is 295 g/mol. The molecule has 0 aliphatic carbocycles. The molecular weight excluding hydrogens is 286 g/mol. The second-order valence-electron chi connectivity index (χ2n) is 4.04. The molecule has 2 aromatic rings. The molecule has 1 N–H and O–H groups in total. The van der Waals surface area contributed by atoms with Gasteiger partial charge in [-0.1, -0.05) is 11.6 Å². The molecular formula is C11H10ClN5O3. The van der Waals surface area contributed by atoms with Gasteiger partial charge in [-0.3, -0.25) is 19.6 Å². The maximum Gasteiger partial charge on any atom is 0.288 e. The van der Waals surface area contributed by atoms with Gasteiger partial charge in [-0.15, -0.1) is 0 Å². The molecule has 0 atom stereocenters. The van der Waals surface area contributed by atoms with Crippen LogP contribution >= 0.6 is 11.6 Å². The van der Waals surface area contributed by atoms with E-state index in [-0.39, 0.29) is 16.4 Å². The second-order valence-corrected chi connectivity index (χ2v) is 4.40. The van der Waals surface area contributed by atoms with E-state index in [2.05, 4.69) is 15.4 Å². The Hall–Kier alpha value is -2.48. The number of pyridine rings is 1. The number of halogens is 1. The van der Waals surface area contributed by atoms with Crippen molar-refractivity contribution >= 4 is 28.9 Å². The number of hydrogen-bond acceptors (Lipinski definition) is 5. The molecule has 0 radical (unpaired) electrons. The highest BCUT2D eigenvalue weighted by Gasteiger charge is 2.18. The minimum atomic E-state index is -0.643. The third-order valence-corrected chi connectivity index (χ3v) is 2.84. The number of nitrogens with zero attached hydrogens (tertiary/aromatic N) is 4. The Morgan fingerprint density at radius 3 is 2.80 bits per heavy atom. The lowest BCUT2D eigenvalue weighted by molar-refractivity contribution is -0.385. The number of nitro groups is 1. The highest BCUT2D eigenvalue weighted by atomic mass is 35.5. The predicted molar refractivity (Wildman–Crippen MR) is 71.8 cm³/mol. The topological polar surface area (TPSA) is 103 Å². The van der Waals surface area contributed by atoms with E-state index in [9.17, 15) is 14.9 Å². The van der Waals surface area contributed by atoms with Crippen LogP contribution in [-0.4, -0.2) is 25.6 Å². The molecule has 2 heterocycles.